The second-order valence-electron chi connectivity index (χ2n) is 4.74. The van der Waals surface area contributed by atoms with E-state index in [1.54, 1.807) is 0 Å². The number of halogens is 4. The molecule has 3 rings (SSSR count). The summed E-state index contributed by atoms with van der Waals surface area (Å²) in [6.45, 7) is 0. The fourth-order valence-corrected chi connectivity index (χ4v) is 1.66. The zero-order valence-corrected chi connectivity index (χ0v) is 12.9. The first-order chi connectivity index (χ1) is 12.3. The highest BCUT2D eigenvalue weighted by molar-refractivity contribution is 5.74. The summed E-state index contributed by atoms with van der Waals surface area (Å²) >= 11 is 0. The molecule has 0 bridgehead atoms. The van der Waals surface area contributed by atoms with Crippen LogP contribution < -0.4 is 0 Å². The lowest BCUT2D eigenvalue weighted by atomic mass is 10.3. The van der Waals surface area contributed by atoms with Crippen molar-refractivity contribution < 1.29 is 27.2 Å². The van der Waals surface area contributed by atoms with Gasteiger partial charge >= 0.3 is 6.18 Å². The topological polar surface area (TPSA) is 77.7 Å². The Hall–Kier alpha value is -3.43. The molecule has 3 aromatic rings. The molecule has 0 N–H and O–H groups in total. The molecule has 0 spiro atoms. The predicted molar refractivity (Wildman–Crippen MR) is 81.3 cm³/mol. The van der Waals surface area contributed by atoms with Gasteiger partial charge in [0.05, 0.1) is 0 Å². The van der Waals surface area contributed by atoms with Gasteiger partial charge in [0.15, 0.2) is 24.1 Å². The minimum atomic E-state index is -4.48. The molecule has 0 atom stereocenters. The number of hydrogen-bond acceptors (Lipinski definition) is 5. The molecule has 10 heteroatoms. The van der Waals surface area contributed by atoms with Gasteiger partial charge in [0, 0.05) is 29.7 Å². The molecular formula is C16H10F4N4O2. The van der Waals surface area contributed by atoms with Crippen LogP contribution in [0.25, 0.3) is 5.82 Å². The fourth-order valence-electron chi connectivity index (χ4n) is 1.66. The SMILES string of the molecule is O=Cc1ccc(-n2ccc(C(F)(F)F)n2)nc1.O=Cc1ccc(F)nc1. The standard InChI is InChI=1S/C10H6F3N3O.C6H4FNO/c11-10(12,13)8-3-4-16(15-8)9-2-1-7(6-17)5-14-9;7-6-2-1-5(4-9)3-8-6/h1-6H;1-4H. The van der Waals surface area contributed by atoms with Crippen LogP contribution in [0.3, 0.4) is 0 Å². The minimum Gasteiger partial charge on any atom is -0.298 e. The monoisotopic (exact) mass is 366 g/mol. The zero-order valence-electron chi connectivity index (χ0n) is 12.9. The molecule has 0 aliphatic carbocycles. The first-order valence-corrected chi connectivity index (χ1v) is 6.94. The number of hydrogen-bond donors (Lipinski definition) is 0. The number of alkyl halides is 3. The summed E-state index contributed by atoms with van der Waals surface area (Å²) in [5, 5.41) is 3.35. The second-order valence-corrected chi connectivity index (χ2v) is 4.74. The Morgan fingerprint density at radius 3 is 1.92 bits per heavy atom. The van der Waals surface area contributed by atoms with Crippen molar-refractivity contribution in [3.8, 4) is 5.82 Å². The van der Waals surface area contributed by atoms with Gasteiger partial charge in [-0.05, 0) is 30.3 Å². The lowest BCUT2D eigenvalue weighted by molar-refractivity contribution is -0.141. The van der Waals surface area contributed by atoms with E-state index in [4.69, 9.17) is 0 Å². The maximum Gasteiger partial charge on any atom is 0.435 e. The third-order valence-corrected chi connectivity index (χ3v) is 2.91. The first-order valence-electron chi connectivity index (χ1n) is 6.94. The summed E-state index contributed by atoms with van der Waals surface area (Å²) < 4.78 is 49.9. The zero-order chi connectivity index (χ0) is 19.2. The fraction of sp³-hybridized carbons (Fsp3) is 0.0625. The van der Waals surface area contributed by atoms with Crippen molar-refractivity contribution in [3.63, 3.8) is 0 Å². The number of pyridine rings is 2. The normalized spacial score (nSPS) is 10.6. The van der Waals surface area contributed by atoms with Crippen LogP contribution in [0.15, 0.2) is 48.9 Å². The van der Waals surface area contributed by atoms with Crippen molar-refractivity contribution in [2.75, 3.05) is 0 Å². The van der Waals surface area contributed by atoms with Crippen LogP contribution in [0.5, 0.6) is 0 Å². The molecule has 6 nitrogen and oxygen atoms in total. The molecule has 0 saturated heterocycles. The molecular weight excluding hydrogens is 356 g/mol. The maximum atomic E-state index is 12.3. The Morgan fingerprint density at radius 1 is 0.885 bits per heavy atom. The van der Waals surface area contributed by atoms with Crippen LogP contribution in [-0.4, -0.2) is 32.3 Å². The summed E-state index contributed by atoms with van der Waals surface area (Å²) in [6, 6.07) is 6.23. The van der Waals surface area contributed by atoms with E-state index < -0.39 is 17.8 Å². The van der Waals surface area contributed by atoms with E-state index in [0.29, 0.717) is 23.7 Å². The number of aldehydes is 2. The third-order valence-electron chi connectivity index (χ3n) is 2.91. The first kappa shape index (κ1) is 18.9. The summed E-state index contributed by atoms with van der Waals surface area (Å²) in [6.07, 6.45) is 0.340. The van der Waals surface area contributed by atoms with Crippen molar-refractivity contribution in [3.05, 3.63) is 71.7 Å². The molecule has 0 aliphatic rings. The van der Waals surface area contributed by atoms with E-state index in [-0.39, 0.29) is 5.82 Å². The highest BCUT2D eigenvalue weighted by Crippen LogP contribution is 2.27. The molecule has 0 aliphatic heterocycles. The molecule has 0 amide bonds. The highest BCUT2D eigenvalue weighted by Gasteiger charge is 2.33. The lowest BCUT2D eigenvalue weighted by Crippen LogP contribution is -2.07. The number of carbonyl (C=O) groups excluding carboxylic acids is 2. The summed E-state index contributed by atoms with van der Waals surface area (Å²) in [5.74, 6) is -0.355. The summed E-state index contributed by atoms with van der Waals surface area (Å²) in [5.41, 5.74) is -0.257. The Morgan fingerprint density at radius 2 is 1.50 bits per heavy atom. The van der Waals surface area contributed by atoms with E-state index in [1.165, 1.54) is 30.6 Å². The number of aromatic nitrogens is 4. The summed E-state index contributed by atoms with van der Waals surface area (Å²) in [4.78, 5) is 27.4. The molecule has 3 aromatic heterocycles. The van der Waals surface area contributed by atoms with Gasteiger partial charge in [-0.3, -0.25) is 9.59 Å². The van der Waals surface area contributed by atoms with Crippen molar-refractivity contribution in [2.24, 2.45) is 0 Å². The number of nitrogens with zero attached hydrogens (tertiary/aromatic N) is 4. The maximum absolute atomic E-state index is 12.3. The molecule has 0 unspecified atom stereocenters. The van der Waals surface area contributed by atoms with E-state index in [2.05, 4.69) is 15.1 Å². The molecule has 134 valence electrons. The number of rotatable bonds is 3. The quantitative estimate of drug-likeness (QED) is 0.404. The van der Waals surface area contributed by atoms with Crippen molar-refractivity contribution in [1.29, 1.82) is 0 Å². The minimum absolute atomic E-state index is 0.214. The third kappa shape index (κ3) is 5.03. The van der Waals surface area contributed by atoms with Crippen LogP contribution in [0.2, 0.25) is 0 Å². The molecule has 0 fully saturated rings. The highest BCUT2D eigenvalue weighted by atomic mass is 19.4. The molecule has 0 aromatic carbocycles. The van der Waals surface area contributed by atoms with Gasteiger partial charge < -0.3 is 0 Å². The van der Waals surface area contributed by atoms with Crippen LogP contribution in [-0.2, 0) is 6.18 Å². The molecule has 3 heterocycles. The van der Waals surface area contributed by atoms with Gasteiger partial charge in [-0.15, -0.1) is 0 Å². The van der Waals surface area contributed by atoms with Crippen molar-refractivity contribution in [2.45, 2.75) is 6.18 Å². The molecule has 26 heavy (non-hydrogen) atoms. The van der Waals surface area contributed by atoms with Crippen LogP contribution in [0, 0.1) is 5.95 Å². The van der Waals surface area contributed by atoms with Gasteiger partial charge in [0.25, 0.3) is 0 Å². The van der Waals surface area contributed by atoms with E-state index in [9.17, 15) is 27.2 Å². The molecule has 0 radical (unpaired) electrons. The average molecular weight is 366 g/mol. The van der Waals surface area contributed by atoms with E-state index >= 15 is 0 Å². The lowest BCUT2D eigenvalue weighted by Gasteiger charge is -2.02. The Labute approximate surface area is 144 Å². The Kier molecular flexibility index (Phi) is 5.89. The van der Waals surface area contributed by atoms with Gasteiger partial charge in [0.2, 0.25) is 5.95 Å². The van der Waals surface area contributed by atoms with Gasteiger partial charge in [-0.2, -0.15) is 22.7 Å². The van der Waals surface area contributed by atoms with E-state index in [1.807, 2.05) is 0 Å². The van der Waals surface area contributed by atoms with E-state index in [0.717, 1.165) is 23.0 Å². The Balaban J connectivity index is 0.000000228. The van der Waals surface area contributed by atoms with Gasteiger partial charge in [-0.25, -0.2) is 14.6 Å². The summed E-state index contributed by atoms with van der Waals surface area (Å²) in [7, 11) is 0. The number of carbonyl (C=O) groups is 2. The van der Waals surface area contributed by atoms with Crippen molar-refractivity contribution in [1.82, 2.24) is 19.7 Å². The second kappa shape index (κ2) is 8.10. The van der Waals surface area contributed by atoms with Gasteiger partial charge in [-0.1, -0.05) is 0 Å². The van der Waals surface area contributed by atoms with Gasteiger partial charge in [0.1, 0.15) is 0 Å². The molecule has 0 saturated carbocycles. The van der Waals surface area contributed by atoms with Crippen LogP contribution in [0.1, 0.15) is 26.4 Å². The van der Waals surface area contributed by atoms with Crippen molar-refractivity contribution >= 4 is 12.6 Å². The van der Waals surface area contributed by atoms with Crippen LogP contribution in [0.4, 0.5) is 17.6 Å². The predicted octanol–water partition coefficient (Wildman–Crippen LogP) is 3.13. The Bertz CT molecular complexity index is 875. The van der Waals surface area contributed by atoms with Crippen LogP contribution >= 0.6 is 0 Å². The smallest absolute Gasteiger partial charge is 0.298 e. The largest absolute Gasteiger partial charge is 0.435 e. The average Bonchev–Trinajstić information content (AvgIpc) is 3.14.